The number of hydrogen-bond donors (Lipinski definition) is 3. The van der Waals surface area contributed by atoms with Crippen molar-refractivity contribution in [2.24, 2.45) is 0 Å². The first kappa shape index (κ1) is 14.2. The third-order valence-corrected chi connectivity index (χ3v) is 4.46. The highest BCUT2D eigenvalue weighted by atomic mass is 31.2. The van der Waals surface area contributed by atoms with Crippen molar-refractivity contribution in [2.75, 3.05) is 5.73 Å². The molecule has 1 aliphatic rings. The molecule has 0 aromatic carbocycles. The van der Waals surface area contributed by atoms with Gasteiger partial charge in [-0.15, -0.1) is 0 Å². The standard InChI is InChI=1S/C10H14N5O5P/c11-10-13-8-7(9(16)14-10)15(4-12-8)3-5-1-2-6(20-5)21(17,18)19/h4-6H,1-3H2,(H2,17,18,19)(H3,11,13,14,16)/p-1/t5-,6+/m0/s1. The van der Waals surface area contributed by atoms with E-state index in [0.717, 1.165) is 0 Å². The van der Waals surface area contributed by atoms with Gasteiger partial charge in [-0.05, 0) is 12.8 Å². The van der Waals surface area contributed by atoms with Crippen LogP contribution in [0.2, 0.25) is 0 Å². The summed E-state index contributed by atoms with van der Waals surface area (Å²) in [6.07, 6.45) is 1.66. The van der Waals surface area contributed by atoms with Crippen LogP contribution in [-0.2, 0) is 15.8 Å². The summed E-state index contributed by atoms with van der Waals surface area (Å²) >= 11 is 0. The molecule has 0 amide bonds. The number of aromatic amines is 1. The molecule has 1 saturated heterocycles. The second-order valence-corrected chi connectivity index (χ2v) is 6.58. The molecule has 0 spiro atoms. The summed E-state index contributed by atoms with van der Waals surface area (Å²) in [6, 6.07) is 0. The number of fused-ring (bicyclic) bond motifs is 1. The zero-order valence-electron chi connectivity index (χ0n) is 10.8. The van der Waals surface area contributed by atoms with E-state index in [9.17, 15) is 14.3 Å². The fourth-order valence-corrected chi connectivity index (χ4v) is 3.22. The van der Waals surface area contributed by atoms with Crippen LogP contribution in [0.15, 0.2) is 11.1 Å². The average molecular weight is 314 g/mol. The number of H-pyrrole nitrogens is 1. The Kier molecular flexibility index (Phi) is 3.33. The van der Waals surface area contributed by atoms with Gasteiger partial charge in [-0.1, -0.05) is 0 Å². The van der Waals surface area contributed by atoms with Crippen molar-refractivity contribution in [1.82, 2.24) is 19.5 Å². The number of ether oxygens (including phenoxy) is 1. The smallest absolute Gasteiger partial charge is 0.278 e. The van der Waals surface area contributed by atoms with Gasteiger partial charge in [0, 0.05) is 0 Å². The number of anilines is 1. The summed E-state index contributed by atoms with van der Waals surface area (Å²) < 4.78 is 17.9. The van der Waals surface area contributed by atoms with Gasteiger partial charge in [-0.25, -0.2) is 4.98 Å². The zero-order valence-corrected chi connectivity index (χ0v) is 11.7. The van der Waals surface area contributed by atoms with Gasteiger partial charge in [-0.3, -0.25) is 9.78 Å². The molecule has 1 fully saturated rings. The molecule has 11 heteroatoms. The topological polar surface area (TPSA) is 159 Å². The number of nitrogens with zero attached hydrogens (tertiary/aromatic N) is 3. The molecule has 2 aromatic rings. The lowest BCUT2D eigenvalue weighted by Gasteiger charge is -2.23. The fraction of sp³-hybridized carbons (Fsp3) is 0.500. The summed E-state index contributed by atoms with van der Waals surface area (Å²) in [5.74, 6) is -1.22. The van der Waals surface area contributed by atoms with Crippen LogP contribution in [0.5, 0.6) is 0 Å². The van der Waals surface area contributed by atoms with Crippen molar-refractivity contribution in [3.05, 3.63) is 16.7 Å². The molecule has 0 bridgehead atoms. The fourth-order valence-electron chi connectivity index (χ4n) is 2.42. The molecule has 0 saturated carbocycles. The van der Waals surface area contributed by atoms with Gasteiger partial charge in [-0.2, -0.15) is 4.98 Å². The Hall–Kier alpha value is -1.74. The second kappa shape index (κ2) is 4.92. The molecular weight excluding hydrogens is 301 g/mol. The molecule has 2 aromatic heterocycles. The van der Waals surface area contributed by atoms with Crippen molar-refractivity contribution in [3.63, 3.8) is 0 Å². The average Bonchev–Trinajstić information content (AvgIpc) is 2.96. The normalized spacial score (nSPS) is 25.2. The van der Waals surface area contributed by atoms with E-state index < -0.39 is 25.1 Å². The number of nitrogens with two attached hydrogens (primary N) is 1. The maximum absolute atomic E-state index is 11.9. The van der Waals surface area contributed by atoms with Crippen LogP contribution < -0.4 is 16.2 Å². The third kappa shape index (κ3) is 2.70. The second-order valence-electron chi connectivity index (χ2n) is 4.87. The van der Waals surface area contributed by atoms with Crippen LogP contribution in [0.3, 0.4) is 0 Å². The first-order valence-corrected chi connectivity index (χ1v) is 7.89. The van der Waals surface area contributed by atoms with E-state index in [-0.39, 0.29) is 30.1 Å². The number of aromatic nitrogens is 4. The Bertz CT molecular complexity index is 780. The molecule has 1 aliphatic heterocycles. The van der Waals surface area contributed by atoms with Crippen molar-refractivity contribution in [3.8, 4) is 0 Å². The molecule has 0 radical (unpaired) electrons. The van der Waals surface area contributed by atoms with E-state index >= 15 is 0 Å². The van der Waals surface area contributed by atoms with Crippen LogP contribution in [-0.4, -0.2) is 36.4 Å². The highest BCUT2D eigenvalue weighted by Crippen LogP contribution is 2.44. The Morgan fingerprint density at radius 1 is 1.62 bits per heavy atom. The van der Waals surface area contributed by atoms with Crippen LogP contribution in [0.4, 0.5) is 5.95 Å². The van der Waals surface area contributed by atoms with Crippen LogP contribution >= 0.6 is 7.60 Å². The number of nitrogen functional groups attached to an aromatic ring is 1. The summed E-state index contributed by atoms with van der Waals surface area (Å²) in [5.41, 5.74) is 5.45. The predicted octanol–water partition coefficient (Wildman–Crippen LogP) is -1.25. The zero-order chi connectivity index (χ0) is 15.2. The molecule has 114 valence electrons. The van der Waals surface area contributed by atoms with Gasteiger partial charge >= 0.3 is 0 Å². The molecule has 3 atom stereocenters. The monoisotopic (exact) mass is 314 g/mol. The SMILES string of the molecule is Nc1nc2ncn(C[C@@H]3CC[C@@H](P(=O)([O-])O)O3)c2c(=O)[nH]1. The number of nitrogens with one attached hydrogen (secondary N) is 1. The molecule has 3 heterocycles. The van der Waals surface area contributed by atoms with E-state index in [2.05, 4.69) is 15.0 Å². The maximum atomic E-state index is 11.9. The van der Waals surface area contributed by atoms with Gasteiger partial charge in [0.15, 0.2) is 18.8 Å². The van der Waals surface area contributed by atoms with E-state index in [1.54, 1.807) is 0 Å². The van der Waals surface area contributed by atoms with Crippen LogP contribution in [0.1, 0.15) is 12.8 Å². The van der Waals surface area contributed by atoms with Gasteiger partial charge < -0.3 is 29.4 Å². The molecule has 4 N–H and O–H groups in total. The van der Waals surface area contributed by atoms with E-state index in [1.165, 1.54) is 10.9 Å². The number of rotatable bonds is 3. The lowest BCUT2D eigenvalue weighted by Crippen LogP contribution is -2.22. The van der Waals surface area contributed by atoms with Gasteiger partial charge in [0.25, 0.3) is 5.56 Å². The van der Waals surface area contributed by atoms with Crippen molar-refractivity contribution in [1.29, 1.82) is 0 Å². The summed E-state index contributed by atoms with van der Waals surface area (Å²) in [6.45, 7) is 0.238. The Morgan fingerprint density at radius 2 is 2.38 bits per heavy atom. The molecule has 0 aliphatic carbocycles. The van der Waals surface area contributed by atoms with E-state index in [0.29, 0.717) is 6.42 Å². The molecular formula is C10H13N5O5P-. The molecule has 10 nitrogen and oxygen atoms in total. The molecule has 3 rings (SSSR count). The Morgan fingerprint density at radius 3 is 3.05 bits per heavy atom. The van der Waals surface area contributed by atoms with Crippen molar-refractivity contribution >= 4 is 24.7 Å². The lowest BCUT2D eigenvalue weighted by atomic mass is 10.2. The number of imidazole rings is 1. The van der Waals surface area contributed by atoms with Gasteiger partial charge in [0.1, 0.15) is 5.85 Å². The molecule has 21 heavy (non-hydrogen) atoms. The highest BCUT2D eigenvalue weighted by Gasteiger charge is 2.32. The first-order valence-electron chi connectivity index (χ1n) is 6.24. The number of hydrogen-bond acceptors (Lipinski definition) is 7. The summed E-state index contributed by atoms with van der Waals surface area (Å²) in [5, 5.41) is 0. The lowest BCUT2D eigenvalue weighted by molar-refractivity contribution is -0.204. The quantitative estimate of drug-likeness (QED) is 0.593. The minimum absolute atomic E-state index is 0.0255. The van der Waals surface area contributed by atoms with Gasteiger partial charge in [0.2, 0.25) is 5.95 Å². The van der Waals surface area contributed by atoms with Crippen LogP contribution in [0.25, 0.3) is 11.2 Å². The van der Waals surface area contributed by atoms with Crippen molar-refractivity contribution in [2.45, 2.75) is 31.3 Å². The highest BCUT2D eigenvalue weighted by molar-refractivity contribution is 7.50. The van der Waals surface area contributed by atoms with E-state index in [4.69, 9.17) is 15.4 Å². The molecule has 1 unspecified atom stereocenters. The third-order valence-electron chi connectivity index (χ3n) is 3.35. The minimum atomic E-state index is -4.50. The predicted molar refractivity (Wildman–Crippen MR) is 70.3 cm³/mol. The van der Waals surface area contributed by atoms with Crippen LogP contribution in [0, 0.1) is 0 Å². The largest absolute Gasteiger partial charge is 0.777 e. The van der Waals surface area contributed by atoms with Gasteiger partial charge in [0.05, 0.1) is 19.0 Å². The Labute approximate surface area is 118 Å². The minimum Gasteiger partial charge on any atom is -0.777 e. The summed E-state index contributed by atoms with van der Waals surface area (Å²) in [7, 11) is -4.50. The maximum Gasteiger partial charge on any atom is 0.278 e. The first-order chi connectivity index (χ1) is 9.84. The summed E-state index contributed by atoms with van der Waals surface area (Å²) in [4.78, 5) is 42.2. The van der Waals surface area contributed by atoms with Crippen molar-refractivity contribution < 1.29 is 19.1 Å². The Balaban J connectivity index is 1.84. The van der Waals surface area contributed by atoms with E-state index in [1.807, 2.05) is 0 Å².